The third-order valence-corrected chi connectivity index (χ3v) is 1.67. The number of aliphatic carboxylic acids is 1. The molecule has 70 valence electrons. The van der Waals surface area contributed by atoms with Crippen LogP contribution in [0.25, 0.3) is 0 Å². The molecule has 12 heavy (non-hydrogen) atoms. The topological polar surface area (TPSA) is 80.4 Å². The van der Waals surface area contributed by atoms with Gasteiger partial charge in [0.25, 0.3) is 5.78 Å². The molecule has 0 aromatic heterocycles. The fourth-order valence-corrected chi connectivity index (χ4v) is 0.904. The highest BCUT2D eigenvalue weighted by atomic mass is 16.4. The molecule has 0 saturated heterocycles. The van der Waals surface area contributed by atoms with Gasteiger partial charge in [-0.25, -0.2) is 4.79 Å². The number of nitrogens with two attached hydrogens (primary N) is 1. The van der Waals surface area contributed by atoms with E-state index in [0.29, 0.717) is 6.42 Å². The van der Waals surface area contributed by atoms with E-state index in [1.807, 2.05) is 6.92 Å². The minimum atomic E-state index is -1.43. The molecule has 0 fully saturated rings. The number of hydrogen-bond acceptors (Lipinski definition) is 3. The molecule has 3 N–H and O–H groups in total. The quantitative estimate of drug-likeness (QED) is 0.454. The summed E-state index contributed by atoms with van der Waals surface area (Å²) in [5.41, 5.74) is 5.33. The van der Waals surface area contributed by atoms with Crippen LogP contribution < -0.4 is 5.73 Å². The van der Waals surface area contributed by atoms with Crippen molar-refractivity contribution in [1.29, 1.82) is 0 Å². The van der Waals surface area contributed by atoms with E-state index in [1.54, 1.807) is 0 Å². The molecule has 0 aliphatic heterocycles. The zero-order valence-electron chi connectivity index (χ0n) is 7.25. The summed E-state index contributed by atoms with van der Waals surface area (Å²) < 4.78 is 0. The summed E-state index contributed by atoms with van der Waals surface area (Å²) in [7, 11) is 0. The monoisotopic (exact) mass is 173 g/mol. The molecule has 0 aliphatic carbocycles. The minimum Gasteiger partial charge on any atom is -0.475 e. The van der Waals surface area contributed by atoms with Gasteiger partial charge in [0.05, 0.1) is 6.04 Å². The van der Waals surface area contributed by atoms with Gasteiger partial charge in [-0.2, -0.15) is 0 Å². The van der Waals surface area contributed by atoms with Crippen molar-refractivity contribution in [3.05, 3.63) is 0 Å². The van der Waals surface area contributed by atoms with Gasteiger partial charge in [-0.15, -0.1) is 0 Å². The highest BCUT2D eigenvalue weighted by molar-refractivity contribution is 6.34. The number of carboxylic acids is 1. The Morgan fingerprint density at radius 1 is 1.42 bits per heavy atom. The summed E-state index contributed by atoms with van der Waals surface area (Å²) >= 11 is 0. The second-order valence-electron chi connectivity index (χ2n) is 2.77. The number of unbranched alkanes of at least 4 members (excludes halogenated alkanes) is 2. The Morgan fingerprint density at radius 3 is 2.42 bits per heavy atom. The maximum absolute atomic E-state index is 10.7. The molecule has 0 radical (unpaired) electrons. The summed E-state index contributed by atoms with van der Waals surface area (Å²) in [6.45, 7) is 2.03. The third-order valence-electron chi connectivity index (χ3n) is 1.67. The highest BCUT2D eigenvalue weighted by Gasteiger charge is 2.19. The second-order valence-corrected chi connectivity index (χ2v) is 2.77. The smallest absolute Gasteiger partial charge is 0.373 e. The van der Waals surface area contributed by atoms with Crippen molar-refractivity contribution in [3.63, 3.8) is 0 Å². The summed E-state index contributed by atoms with van der Waals surface area (Å²) in [4.78, 5) is 20.9. The number of hydrogen-bond donors (Lipinski definition) is 2. The normalized spacial score (nSPS) is 12.5. The predicted molar refractivity (Wildman–Crippen MR) is 44.8 cm³/mol. The molecule has 4 nitrogen and oxygen atoms in total. The number of carbonyl (C=O) groups excluding carboxylic acids is 1. The van der Waals surface area contributed by atoms with Crippen molar-refractivity contribution in [2.75, 3.05) is 0 Å². The van der Waals surface area contributed by atoms with Crippen molar-refractivity contribution in [3.8, 4) is 0 Å². The van der Waals surface area contributed by atoms with E-state index >= 15 is 0 Å². The minimum absolute atomic E-state index is 0.471. The largest absolute Gasteiger partial charge is 0.475 e. The molecule has 0 aliphatic rings. The Kier molecular flexibility index (Phi) is 5.28. The lowest BCUT2D eigenvalue weighted by molar-refractivity contribution is -0.149. The van der Waals surface area contributed by atoms with Crippen molar-refractivity contribution in [2.24, 2.45) is 5.73 Å². The Bertz CT molecular complexity index is 168. The Balaban J connectivity index is 3.64. The first-order valence-electron chi connectivity index (χ1n) is 4.12. The van der Waals surface area contributed by atoms with Crippen LogP contribution in [0.4, 0.5) is 0 Å². The van der Waals surface area contributed by atoms with Crippen molar-refractivity contribution >= 4 is 11.8 Å². The maximum atomic E-state index is 10.7. The first kappa shape index (κ1) is 11.1. The Hall–Kier alpha value is -0.900. The highest BCUT2D eigenvalue weighted by Crippen LogP contribution is 2.02. The standard InChI is InChI=1S/C8H15NO3/c1-2-3-4-5-6(9)7(10)8(11)12/h6H,2-5,9H2,1H3,(H,11,12). The average Bonchev–Trinajstić information content (AvgIpc) is 2.03. The molecule has 0 amide bonds. The molecule has 0 heterocycles. The van der Waals surface area contributed by atoms with Crippen molar-refractivity contribution in [2.45, 2.75) is 38.6 Å². The number of carboxylic acid groups (broad SMARTS) is 1. The molecule has 0 bridgehead atoms. The lowest BCUT2D eigenvalue weighted by atomic mass is 10.1. The van der Waals surface area contributed by atoms with Crippen LogP contribution in [0.1, 0.15) is 32.6 Å². The first-order valence-corrected chi connectivity index (χ1v) is 4.12. The molecule has 0 spiro atoms. The fraction of sp³-hybridized carbons (Fsp3) is 0.750. The van der Waals surface area contributed by atoms with E-state index in [-0.39, 0.29) is 0 Å². The van der Waals surface area contributed by atoms with Gasteiger partial charge >= 0.3 is 5.97 Å². The van der Waals surface area contributed by atoms with Gasteiger partial charge in [-0.05, 0) is 6.42 Å². The number of carbonyl (C=O) groups is 2. The summed E-state index contributed by atoms with van der Waals surface area (Å²) in [5.74, 6) is -2.31. The van der Waals surface area contributed by atoms with Crippen LogP contribution in [0.15, 0.2) is 0 Å². The molecule has 0 rings (SSSR count). The van der Waals surface area contributed by atoms with Crippen molar-refractivity contribution in [1.82, 2.24) is 0 Å². The van der Waals surface area contributed by atoms with Gasteiger partial charge < -0.3 is 10.8 Å². The van der Waals surface area contributed by atoms with Gasteiger partial charge in [0, 0.05) is 0 Å². The zero-order chi connectivity index (χ0) is 9.56. The van der Waals surface area contributed by atoms with Gasteiger partial charge in [0.2, 0.25) is 0 Å². The van der Waals surface area contributed by atoms with E-state index in [2.05, 4.69) is 0 Å². The maximum Gasteiger partial charge on any atom is 0.373 e. The molecule has 0 saturated carbocycles. The number of rotatable bonds is 6. The molecular formula is C8H15NO3. The summed E-state index contributed by atoms with van der Waals surface area (Å²) in [6.07, 6.45) is 3.31. The third kappa shape index (κ3) is 4.08. The average molecular weight is 173 g/mol. The first-order chi connectivity index (χ1) is 5.59. The summed E-state index contributed by atoms with van der Waals surface area (Å²) in [5, 5.41) is 8.28. The Morgan fingerprint density at radius 2 is 2.00 bits per heavy atom. The molecule has 1 atom stereocenters. The molecular weight excluding hydrogens is 158 g/mol. The second kappa shape index (κ2) is 5.71. The van der Waals surface area contributed by atoms with Crippen LogP contribution in [-0.4, -0.2) is 22.9 Å². The molecule has 1 unspecified atom stereocenters. The fourth-order valence-electron chi connectivity index (χ4n) is 0.904. The lowest BCUT2D eigenvalue weighted by Crippen LogP contribution is -2.35. The molecule has 0 aromatic carbocycles. The van der Waals surface area contributed by atoms with Gasteiger partial charge in [-0.3, -0.25) is 4.79 Å². The van der Waals surface area contributed by atoms with Crippen LogP contribution in [0.5, 0.6) is 0 Å². The van der Waals surface area contributed by atoms with Gasteiger partial charge in [-0.1, -0.05) is 26.2 Å². The van der Waals surface area contributed by atoms with Crippen molar-refractivity contribution < 1.29 is 14.7 Å². The molecule has 4 heteroatoms. The van der Waals surface area contributed by atoms with Crippen LogP contribution in [0, 0.1) is 0 Å². The van der Waals surface area contributed by atoms with E-state index in [1.165, 1.54) is 0 Å². The summed E-state index contributed by atoms with van der Waals surface area (Å²) in [6, 6.07) is -0.825. The number of ketones is 1. The van der Waals surface area contributed by atoms with E-state index < -0.39 is 17.8 Å². The predicted octanol–water partition coefficient (Wildman–Crippen LogP) is 0.548. The zero-order valence-corrected chi connectivity index (χ0v) is 7.25. The number of Topliss-reactive ketones (excluding diaryl/α,β-unsaturated/α-hetero) is 1. The Labute approximate surface area is 71.8 Å². The van der Waals surface area contributed by atoms with Crippen LogP contribution in [0.3, 0.4) is 0 Å². The van der Waals surface area contributed by atoms with Crippen LogP contribution >= 0.6 is 0 Å². The SMILES string of the molecule is CCCCCC(N)C(=O)C(=O)O. The molecule has 0 aromatic rings. The van der Waals surface area contributed by atoms with E-state index in [9.17, 15) is 9.59 Å². The van der Waals surface area contributed by atoms with E-state index in [0.717, 1.165) is 19.3 Å². The van der Waals surface area contributed by atoms with Gasteiger partial charge in [0.15, 0.2) is 0 Å². The van der Waals surface area contributed by atoms with Crippen LogP contribution in [-0.2, 0) is 9.59 Å². The lowest BCUT2D eigenvalue weighted by Gasteiger charge is -2.05. The van der Waals surface area contributed by atoms with E-state index in [4.69, 9.17) is 10.8 Å². The van der Waals surface area contributed by atoms with Crippen LogP contribution in [0.2, 0.25) is 0 Å². The van der Waals surface area contributed by atoms with Gasteiger partial charge in [0.1, 0.15) is 0 Å².